The van der Waals surface area contributed by atoms with Crippen LogP contribution in [0.25, 0.3) is 0 Å². The average Bonchev–Trinajstić information content (AvgIpc) is 2.76. The van der Waals surface area contributed by atoms with Gasteiger partial charge in [-0.25, -0.2) is 0 Å². The van der Waals surface area contributed by atoms with Crippen LogP contribution in [0.5, 0.6) is 11.5 Å². The predicted molar refractivity (Wildman–Crippen MR) is 106 cm³/mol. The van der Waals surface area contributed by atoms with Crippen LogP contribution in [0.15, 0.2) is 60.8 Å². The monoisotopic (exact) mass is 376 g/mol. The van der Waals surface area contributed by atoms with Gasteiger partial charge < -0.3 is 19.9 Å². The fourth-order valence-electron chi connectivity index (χ4n) is 2.93. The Hall–Kier alpha value is -3.68. The standard InChI is InChI=1S/C20H20N6O2/c27-15-25-10-12-26(13-11-25)20-23-19(14-21-24-20)22-17-8-4-5-9-18(17)28-16-6-2-1-3-7-16/h1-9,14-15H,10-13H2,(H,22,23,24). The third-order valence-electron chi connectivity index (χ3n) is 4.41. The minimum Gasteiger partial charge on any atom is -0.455 e. The number of carbonyl (C=O) groups excluding carboxylic acids is 1. The molecule has 1 aliphatic heterocycles. The number of benzene rings is 2. The highest BCUT2D eigenvalue weighted by Crippen LogP contribution is 2.31. The van der Waals surface area contributed by atoms with E-state index in [9.17, 15) is 4.79 Å². The van der Waals surface area contributed by atoms with Crippen molar-refractivity contribution in [1.29, 1.82) is 0 Å². The number of nitrogens with zero attached hydrogens (tertiary/aromatic N) is 5. The Balaban J connectivity index is 1.50. The van der Waals surface area contributed by atoms with Crippen molar-refractivity contribution in [1.82, 2.24) is 20.1 Å². The topological polar surface area (TPSA) is 83.5 Å². The molecule has 1 aromatic heterocycles. The summed E-state index contributed by atoms with van der Waals surface area (Å²) in [6.07, 6.45) is 2.45. The zero-order chi connectivity index (χ0) is 19.2. The summed E-state index contributed by atoms with van der Waals surface area (Å²) in [5.41, 5.74) is 0.781. The van der Waals surface area contributed by atoms with Gasteiger partial charge >= 0.3 is 0 Å². The first-order valence-electron chi connectivity index (χ1n) is 9.05. The molecule has 8 nitrogen and oxygen atoms in total. The van der Waals surface area contributed by atoms with Crippen LogP contribution in [-0.4, -0.2) is 52.7 Å². The van der Waals surface area contributed by atoms with Crippen LogP contribution in [0.3, 0.4) is 0 Å². The third-order valence-corrected chi connectivity index (χ3v) is 4.41. The molecule has 0 spiro atoms. The zero-order valence-electron chi connectivity index (χ0n) is 15.2. The smallest absolute Gasteiger partial charge is 0.247 e. The van der Waals surface area contributed by atoms with Gasteiger partial charge in [-0.1, -0.05) is 30.3 Å². The number of aromatic nitrogens is 3. The molecule has 0 radical (unpaired) electrons. The second kappa shape index (κ2) is 8.34. The largest absolute Gasteiger partial charge is 0.455 e. The Morgan fingerprint density at radius 2 is 1.71 bits per heavy atom. The molecular weight excluding hydrogens is 356 g/mol. The van der Waals surface area contributed by atoms with Crippen LogP contribution in [0.1, 0.15) is 0 Å². The molecule has 2 heterocycles. The predicted octanol–water partition coefficient (Wildman–Crippen LogP) is 2.69. The lowest BCUT2D eigenvalue weighted by Gasteiger charge is -2.32. The summed E-state index contributed by atoms with van der Waals surface area (Å²) in [4.78, 5) is 19.2. The molecule has 2 aromatic carbocycles. The van der Waals surface area contributed by atoms with Crippen molar-refractivity contribution in [3.05, 3.63) is 60.8 Å². The van der Waals surface area contributed by atoms with E-state index in [0.29, 0.717) is 43.7 Å². The zero-order valence-corrected chi connectivity index (χ0v) is 15.2. The highest BCUT2D eigenvalue weighted by atomic mass is 16.5. The molecule has 8 heteroatoms. The van der Waals surface area contributed by atoms with E-state index >= 15 is 0 Å². The van der Waals surface area contributed by atoms with Gasteiger partial charge in [0.25, 0.3) is 0 Å². The van der Waals surface area contributed by atoms with Crippen LogP contribution in [0.4, 0.5) is 17.5 Å². The van der Waals surface area contributed by atoms with Crippen molar-refractivity contribution in [3.63, 3.8) is 0 Å². The summed E-state index contributed by atoms with van der Waals surface area (Å²) in [7, 11) is 0. The molecule has 0 unspecified atom stereocenters. The molecule has 1 N–H and O–H groups in total. The Morgan fingerprint density at radius 1 is 0.964 bits per heavy atom. The van der Waals surface area contributed by atoms with E-state index < -0.39 is 0 Å². The van der Waals surface area contributed by atoms with Gasteiger partial charge in [-0.3, -0.25) is 4.79 Å². The molecule has 4 rings (SSSR count). The molecule has 1 saturated heterocycles. The Kier molecular flexibility index (Phi) is 5.28. The molecule has 28 heavy (non-hydrogen) atoms. The van der Waals surface area contributed by atoms with Gasteiger partial charge in [-0.05, 0) is 24.3 Å². The first-order valence-corrected chi connectivity index (χ1v) is 9.05. The van der Waals surface area contributed by atoms with Gasteiger partial charge in [0.15, 0.2) is 11.6 Å². The van der Waals surface area contributed by atoms with Gasteiger partial charge in [0.1, 0.15) is 5.75 Å². The maximum absolute atomic E-state index is 10.9. The summed E-state index contributed by atoms with van der Waals surface area (Å²) in [5, 5.41) is 11.5. The van der Waals surface area contributed by atoms with Crippen LogP contribution >= 0.6 is 0 Å². The fourth-order valence-corrected chi connectivity index (χ4v) is 2.93. The van der Waals surface area contributed by atoms with E-state index in [0.717, 1.165) is 17.8 Å². The Bertz CT molecular complexity index is 929. The van der Waals surface area contributed by atoms with Gasteiger partial charge in [0.2, 0.25) is 12.4 Å². The molecule has 0 aliphatic carbocycles. The van der Waals surface area contributed by atoms with E-state index in [1.54, 1.807) is 11.1 Å². The summed E-state index contributed by atoms with van der Waals surface area (Å²) in [6.45, 7) is 2.66. The van der Waals surface area contributed by atoms with E-state index in [1.807, 2.05) is 59.5 Å². The summed E-state index contributed by atoms with van der Waals surface area (Å²) in [5.74, 6) is 2.56. The number of rotatable bonds is 6. The number of para-hydroxylation sites is 3. The van der Waals surface area contributed by atoms with Gasteiger partial charge in [-0.15, -0.1) is 5.10 Å². The second-order valence-corrected chi connectivity index (χ2v) is 6.31. The SMILES string of the molecule is O=CN1CCN(c2nncc(Nc3ccccc3Oc3ccccc3)n2)CC1. The third kappa shape index (κ3) is 4.17. The highest BCUT2D eigenvalue weighted by Gasteiger charge is 2.18. The molecule has 142 valence electrons. The van der Waals surface area contributed by atoms with Gasteiger partial charge in [-0.2, -0.15) is 10.1 Å². The van der Waals surface area contributed by atoms with Crippen molar-refractivity contribution in [3.8, 4) is 11.5 Å². The number of anilines is 3. The van der Waals surface area contributed by atoms with Gasteiger partial charge in [0, 0.05) is 26.2 Å². The lowest BCUT2D eigenvalue weighted by atomic mass is 10.3. The fraction of sp³-hybridized carbons (Fsp3) is 0.200. The van der Waals surface area contributed by atoms with Crippen molar-refractivity contribution >= 4 is 23.9 Å². The van der Waals surface area contributed by atoms with E-state index in [1.165, 1.54) is 0 Å². The number of hydrogen-bond acceptors (Lipinski definition) is 7. The summed E-state index contributed by atoms with van der Waals surface area (Å²) < 4.78 is 5.98. The number of piperazine rings is 1. The number of nitrogens with one attached hydrogen (secondary N) is 1. The maximum atomic E-state index is 10.9. The maximum Gasteiger partial charge on any atom is 0.247 e. The van der Waals surface area contributed by atoms with Crippen molar-refractivity contribution in [2.45, 2.75) is 0 Å². The van der Waals surface area contributed by atoms with E-state index in [4.69, 9.17) is 4.74 Å². The lowest BCUT2D eigenvalue weighted by molar-refractivity contribution is -0.118. The molecule has 0 atom stereocenters. The molecular formula is C20H20N6O2. The highest BCUT2D eigenvalue weighted by molar-refractivity contribution is 5.64. The molecule has 1 fully saturated rings. The molecule has 1 aliphatic rings. The van der Waals surface area contributed by atoms with Crippen LogP contribution in [0.2, 0.25) is 0 Å². The van der Waals surface area contributed by atoms with Crippen LogP contribution in [-0.2, 0) is 4.79 Å². The molecule has 3 aromatic rings. The second-order valence-electron chi connectivity index (χ2n) is 6.31. The number of amides is 1. The number of carbonyl (C=O) groups is 1. The first kappa shape index (κ1) is 17.7. The van der Waals surface area contributed by atoms with Crippen molar-refractivity contribution in [2.75, 3.05) is 36.4 Å². The average molecular weight is 376 g/mol. The minimum atomic E-state index is 0.539. The summed E-state index contributed by atoms with van der Waals surface area (Å²) in [6, 6.07) is 17.3. The van der Waals surface area contributed by atoms with Crippen LogP contribution in [0, 0.1) is 0 Å². The van der Waals surface area contributed by atoms with E-state index in [2.05, 4.69) is 20.5 Å². The van der Waals surface area contributed by atoms with Crippen molar-refractivity contribution < 1.29 is 9.53 Å². The van der Waals surface area contributed by atoms with E-state index in [-0.39, 0.29) is 0 Å². The van der Waals surface area contributed by atoms with Crippen LogP contribution < -0.4 is 15.0 Å². The first-order chi connectivity index (χ1) is 13.8. The normalized spacial score (nSPS) is 13.9. The molecule has 0 bridgehead atoms. The van der Waals surface area contributed by atoms with Gasteiger partial charge in [0.05, 0.1) is 11.9 Å². The number of hydrogen-bond donors (Lipinski definition) is 1. The lowest BCUT2D eigenvalue weighted by Crippen LogP contribution is -2.46. The Labute approximate surface area is 162 Å². The number of ether oxygens (including phenoxy) is 1. The Morgan fingerprint density at radius 3 is 2.50 bits per heavy atom. The summed E-state index contributed by atoms with van der Waals surface area (Å²) >= 11 is 0. The quantitative estimate of drug-likeness (QED) is 0.662. The van der Waals surface area contributed by atoms with Crippen molar-refractivity contribution in [2.24, 2.45) is 0 Å². The molecule has 0 saturated carbocycles. The molecule has 1 amide bonds. The minimum absolute atomic E-state index is 0.539.